The Bertz CT molecular complexity index is 960. The van der Waals surface area contributed by atoms with Crippen LogP contribution in [0.3, 0.4) is 0 Å². The van der Waals surface area contributed by atoms with Gasteiger partial charge in [0, 0.05) is 33.4 Å². The number of halogens is 2. The number of phenols is 1. The number of nitrogens with one attached hydrogen (secondary N) is 1. The first-order valence-electron chi connectivity index (χ1n) is 9.54. The monoisotopic (exact) mass is 525 g/mol. The van der Waals surface area contributed by atoms with Gasteiger partial charge in [0.2, 0.25) is 0 Å². The number of allylic oxidation sites excluding steroid dienone is 3. The molecule has 1 aromatic carbocycles. The zero-order valence-corrected chi connectivity index (χ0v) is 20.3. The maximum absolute atomic E-state index is 13.2. The Morgan fingerprint density at radius 2 is 1.93 bits per heavy atom. The maximum Gasteiger partial charge on any atom is 0.337 e. The van der Waals surface area contributed by atoms with E-state index in [1.54, 1.807) is 26.0 Å². The van der Waals surface area contributed by atoms with Crippen LogP contribution in [0.4, 0.5) is 0 Å². The van der Waals surface area contributed by atoms with Gasteiger partial charge in [-0.2, -0.15) is 0 Å². The molecule has 0 aromatic heterocycles. The number of rotatable bonds is 3. The lowest BCUT2D eigenvalue weighted by Gasteiger charge is -2.39. The van der Waals surface area contributed by atoms with E-state index in [9.17, 15) is 14.7 Å². The molecule has 1 heterocycles. The summed E-state index contributed by atoms with van der Waals surface area (Å²) in [6.07, 6.45) is 0.762. The minimum absolute atomic E-state index is 0.00670. The van der Waals surface area contributed by atoms with Gasteiger partial charge >= 0.3 is 5.97 Å². The van der Waals surface area contributed by atoms with Crippen LogP contribution < -0.4 is 5.32 Å². The van der Waals surface area contributed by atoms with E-state index in [1.165, 1.54) is 0 Å². The van der Waals surface area contributed by atoms with Crippen LogP contribution in [0.15, 0.2) is 43.6 Å². The Morgan fingerprint density at radius 1 is 1.28 bits per heavy atom. The predicted octanol–water partition coefficient (Wildman–Crippen LogP) is 5.47. The van der Waals surface area contributed by atoms with E-state index in [0.29, 0.717) is 39.7 Å². The van der Waals surface area contributed by atoms with E-state index >= 15 is 0 Å². The third-order valence-corrected chi connectivity index (χ3v) is 6.23. The molecule has 156 valence electrons. The van der Waals surface area contributed by atoms with Crippen molar-refractivity contribution in [3.8, 4) is 5.75 Å². The zero-order valence-electron chi connectivity index (χ0n) is 17.2. The highest BCUT2D eigenvalue weighted by atomic mass is 79.9. The van der Waals surface area contributed by atoms with E-state index in [1.807, 2.05) is 6.92 Å². The predicted molar refractivity (Wildman–Crippen MR) is 118 cm³/mol. The summed E-state index contributed by atoms with van der Waals surface area (Å²) in [5.74, 6) is -1.21. The highest BCUT2D eigenvalue weighted by molar-refractivity contribution is 9.11. The lowest BCUT2D eigenvalue weighted by molar-refractivity contribution is -0.143. The van der Waals surface area contributed by atoms with Crippen molar-refractivity contribution < 1.29 is 19.4 Å². The van der Waals surface area contributed by atoms with Gasteiger partial charge < -0.3 is 15.2 Å². The molecule has 1 aromatic rings. The molecular weight excluding hydrogens is 502 g/mol. The van der Waals surface area contributed by atoms with Gasteiger partial charge in [0.1, 0.15) is 5.75 Å². The number of dihydropyridines is 1. The minimum atomic E-state index is -0.699. The first kappa shape index (κ1) is 22.1. The summed E-state index contributed by atoms with van der Waals surface area (Å²) in [7, 11) is 0. The van der Waals surface area contributed by atoms with Crippen LogP contribution in [-0.4, -0.2) is 23.0 Å². The van der Waals surface area contributed by atoms with Crippen molar-refractivity contribution in [3.63, 3.8) is 0 Å². The number of aromatic hydroxyl groups is 1. The molecule has 0 saturated carbocycles. The number of hydrogen-bond acceptors (Lipinski definition) is 5. The number of phenolic OH excluding ortho intramolecular Hbond substituents is 1. The summed E-state index contributed by atoms with van der Waals surface area (Å²) in [5, 5.41) is 14.1. The van der Waals surface area contributed by atoms with E-state index in [0.717, 1.165) is 10.2 Å². The van der Waals surface area contributed by atoms with E-state index in [4.69, 9.17) is 4.74 Å². The first-order chi connectivity index (χ1) is 13.4. The average Bonchev–Trinajstić information content (AvgIpc) is 2.54. The second kappa shape index (κ2) is 7.91. The summed E-state index contributed by atoms with van der Waals surface area (Å²) >= 11 is 6.83. The SMILES string of the molecule is CC1=C(C(=O)OC(C)C)[C@H](c2cc(Br)cc(Br)c2O)C2=C(CC(C)(C)CC2=O)N1. The first-order valence-corrected chi connectivity index (χ1v) is 11.1. The van der Waals surface area contributed by atoms with Gasteiger partial charge in [0.15, 0.2) is 5.78 Å². The Balaban J connectivity index is 2.26. The second-order valence-corrected chi connectivity index (χ2v) is 10.5. The molecule has 0 bridgehead atoms. The molecule has 0 unspecified atom stereocenters. The summed E-state index contributed by atoms with van der Waals surface area (Å²) in [4.78, 5) is 26.3. The van der Waals surface area contributed by atoms with Gasteiger partial charge in [0.25, 0.3) is 0 Å². The highest BCUT2D eigenvalue weighted by Crippen LogP contribution is 2.50. The molecule has 0 saturated heterocycles. The van der Waals surface area contributed by atoms with Crippen molar-refractivity contribution in [3.05, 3.63) is 49.2 Å². The summed E-state index contributed by atoms with van der Waals surface area (Å²) < 4.78 is 6.71. The molecule has 0 amide bonds. The number of hydrogen-bond donors (Lipinski definition) is 2. The molecule has 2 N–H and O–H groups in total. The number of Topliss-reactive ketones (excluding diaryl/α,β-unsaturated/α-hetero) is 1. The Kier molecular flexibility index (Phi) is 6.03. The second-order valence-electron chi connectivity index (χ2n) is 8.71. The normalized spacial score (nSPS) is 21.2. The van der Waals surface area contributed by atoms with Crippen molar-refractivity contribution in [2.24, 2.45) is 5.41 Å². The molecule has 1 aliphatic heterocycles. The Hall–Kier alpha value is -1.60. The molecule has 0 fully saturated rings. The molecule has 0 spiro atoms. The van der Waals surface area contributed by atoms with Crippen LogP contribution >= 0.6 is 31.9 Å². The van der Waals surface area contributed by atoms with Crippen molar-refractivity contribution in [1.29, 1.82) is 0 Å². The molecule has 5 nitrogen and oxygen atoms in total. The lowest BCUT2D eigenvalue weighted by atomic mass is 9.68. The number of benzene rings is 1. The summed E-state index contributed by atoms with van der Waals surface area (Å²) in [6, 6.07) is 3.48. The van der Waals surface area contributed by atoms with E-state index in [2.05, 4.69) is 51.0 Å². The fraction of sp³-hybridized carbons (Fsp3) is 0.455. The number of esters is 1. The smallest absolute Gasteiger partial charge is 0.337 e. The van der Waals surface area contributed by atoms with Crippen molar-refractivity contribution in [2.45, 2.75) is 59.5 Å². The summed E-state index contributed by atoms with van der Waals surface area (Å²) in [6.45, 7) is 9.49. The van der Waals surface area contributed by atoms with Gasteiger partial charge in [-0.15, -0.1) is 0 Å². The Labute approximate surface area is 187 Å². The molecule has 7 heteroatoms. The molecule has 3 rings (SSSR count). The number of carbonyl (C=O) groups is 2. The third-order valence-electron chi connectivity index (χ3n) is 5.17. The molecule has 29 heavy (non-hydrogen) atoms. The van der Waals surface area contributed by atoms with Gasteiger partial charge in [-0.25, -0.2) is 4.79 Å². The van der Waals surface area contributed by atoms with Crippen LogP contribution in [0.1, 0.15) is 58.9 Å². The van der Waals surface area contributed by atoms with Gasteiger partial charge in [-0.3, -0.25) is 4.79 Å². The zero-order chi connectivity index (χ0) is 21.7. The van der Waals surface area contributed by atoms with Crippen LogP contribution in [0.25, 0.3) is 0 Å². The Morgan fingerprint density at radius 3 is 2.55 bits per heavy atom. The van der Waals surface area contributed by atoms with Crippen molar-refractivity contribution in [2.75, 3.05) is 0 Å². The minimum Gasteiger partial charge on any atom is -0.506 e. The largest absolute Gasteiger partial charge is 0.506 e. The van der Waals surface area contributed by atoms with Crippen LogP contribution in [-0.2, 0) is 14.3 Å². The van der Waals surface area contributed by atoms with E-state index in [-0.39, 0.29) is 23.1 Å². The summed E-state index contributed by atoms with van der Waals surface area (Å²) in [5.41, 5.74) is 2.65. The number of carbonyl (C=O) groups excluding carboxylic acids is 2. The molecular formula is C22H25Br2NO4. The fourth-order valence-electron chi connectivity index (χ4n) is 4.10. The van der Waals surface area contributed by atoms with Crippen LogP contribution in [0.2, 0.25) is 0 Å². The lowest BCUT2D eigenvalue weighted by Crippen LogP contribution is -2.39. The quantitative estimate of drug-likeness (QED) is 0.510. The number of ketones is 1. The maximum atomic E-state index is 13.2. The average molecular weight is 527 g/mol. The topological polar surface area (TPSA) is 75.6 Å². The standard InChI is InChI=1S/C22H25Br2NO4/c1-10(2)29-21(28)17-11(3)25-15-8-22(4,5)9-16(26)19(15)18(17)13-6-12(23)7-14(24)20(13)27/h6-7,10,18,25,27H,8-9H2,1-5H3/t18-/m0/s1. The van der Waals surface area contributed by atoms with Crippen molar-refractivity contribution in [1.82, 2.24) is 5.32 Å². The van der Waals surface area contributed by atoms with Gasteiger partial charge in [-0.05, 0) is 60.7 Å². The van der Waals surface area contributed by atoms with Gasteiger partial charge in [-0.1, -0.05) is 29.8 Å². The molecule has 1 aliphatic carbocycles. The van der Waals surface area contributed by atoms with Crippen LogP contribution in [0.5, 0.6) is 5.75 Å². The fourth-order valence-corrected chi connectivity index (χ4v) is 5.36. The van der Waals surface area contributed by atoms with Gasteiger partial charge in [0.05, 0.1) is 22.1 Å². The molecule has 1 atom stereocenters. The number of ether oxygens (including phenoxy) is 1. The molecule has 0 radical (unpaired) electrons. The molecule has 2 aliphatic rings. The highest BCUT2D eigenvalue weighted by Gasteiger charge is 2.44. The van der Waals surface area contributed by atoms with E-state index < -0.39 is 11.9 Å². The third kappa shape index (κ3) is 4.31. The van der Waals surface area contributed by atoms with Crippen LogP contribution in [0, 0.1) is 5.41 Å². The van der Waals surface area contributed by atoms with Crippen molar-refractivity contribution >= 4 is 43.6 Å².